The van der Waals surface area contributed by atoms with Crippen LogP contribution in [0.4, 0.5) is 5.69 Å². The molecule has 3 atom stereocenters. The van der Waals surface area contributed by atoms with Gasteiger partial charge in [0.25, 0.3) is 11.5 Å². The Bertz CT molecular complexity index is 1450. The van der Waals surface area contributed by atoms with Crippen LogP contribution < -0.4 is 25.9 Å². The molecule has 3 N–H and O–H groups in total. The van der Waals surface area contributed by atoms with Crippen LogP contribution in [0.5, 0.6) is 5.75 Å². The number of anilines is 1. The summed E-state index contributed by atoms with van der Waals surface area (Å²) < 4.78 is 7.90. The van der Waals surface area contributed by atoms with Crippen molar-refractivity contribution in [2.45, 2.75) is 39.3 Å². The fraction of sp³-hybridized carbons (Fsp3) is 0.333. The number of carbonyl (C=O) groups is 2. The molecule has 0 radical (unpaired) electrons. The molecule has 0 aliphatic carbocycles. The number of amides is 2. The minimum atomic E-state index is -0.338. The van der Waals surface area contributed by atoms with Crippen molar-refractivity contribution in [1.29, 1.82) is 0 Å². The summed E-state index contributed by atoms with van der Waals surface area (Å²) in [7, 11) is 0. The Hall–Kier alpha value is -4.24. The fourth-order valence-electron chi connectivity index (χ4n) is 5.79. The van der Waals surface area contributed by atoms with Crippen LogP contribution in [-0.2, 0) is 17.9 Å². The smallest absolute Gasteiger partial charge is 0.271 e. The molecule has 0 saturated carbocycles. The fourth-order valence-corrected chi connectivity index (χ4v) is 5.79. The third-order valence-corrected chi connectivity index (χ3v) is 7.34. The van der Waals surface area contributed by atoms with Crippen LogP contribution in [-0.4, -0.2) is 42.3 Å². The van der Waals surface area contributed by atoms with Crippen LogP contribution in [0.2, 0.25) is 0 Å². The zero-order valence-electron chi connectivity index (χ0n) is 22.3. The van der Waals surface area contributed by atoms with E-state index in [1.165, 1.54) is 11.8 Å². The number of ether oxygens (including phenoxy) is 1. The maximum absolute atomic E-state index is 12.5. The van der Waals surface area contributed by atoms with Gasteiger partial charge in [-0.1, -0.05) is 6.07 Å². The number of aromatic nitrogens is 1. The number of carbonyl (C=O) groups excluding carboxylic acids is 2. The van der Waals surface area contributed by atoms with E-state index in [2.05, 4.69) is 28.0 Å². The largest absolute Gasteiger partial charge is 0.493 e. The first kappa shape index (κ1) is 26.4. The first-order chi connectivity index (χ1) is 18.9. The van der Waals surface area contributed by atoms with E-state index in [1.807, 2.05) is 29.7 Å². The highest BCUT2D eigenvalue weighted by molar-refractivity contribution is 5.96. The third-order valence-electron chi connectivity index (χ3n) is 7.34. The molecule has 1 fully saturated rings. The molecular weight excluding hydrogens is 494 g/mol. The Morgan fingerprint density at radius 3 is 2.72 bits per heavy atom. The van der Waals surface area contributed by atoms with Gasteiger partial charge in [-0.15, -0.1) is 0 Å². The number of hydrogen-bond donors (Lipinski definition) is 3. The van der Waals surface area contributed by atoms with Gasteiger partial charge < -0.3 is 19.5 Å². The molecule has 1 saturated heterocycles. The highest BCUT2D eigenvalue weighted by Crippen LogP contribution is 2.30. The van der Waals surface area contributed by atoms with Crippen LogP contribution in [0.1, 0.15) is 53.4 Å². The van der Waals surface area contributed by atoms with E-state index in [0.717, 1.165) is 55.2 Å². The molecule has 2 amide bonds. The van der Waals surface area contributed by atoms with Crippen LogP contribution >= 0.6 is 0 Å². The van der Waals surface area contributed by atoms with Gasteiger partial charge in [-0.05, 0) is 67.4 Å². The minimum Gasteiger partial charge on any atom is -0.493 e. The SMILES string of the molecule is CCOc1ccc(C=NNC(=O)c2ccc(NC(C)=O)cc2)cc1C[NH+]1CC2CC(C1)c1cccc(=O)n1C2. The number of hydrogen-bond acceptors (Lipinski definition) is 5. The van der Waals surface area contributed by atoms with Crippen molar-refractivity contribution in [2.75, 3.05) is 25.0 Å². The van der Waals surface area contributed by atoms with Crippen LogP contribution in [0, 0.1) is 5.92 Å². The number of rotatable bonds is 8. The normalized spacial score (nSPS) is 19.8. The lowest BCUT2D eigenvalue weighted by Crippen LogP contribution is -3.13. The zero-order chi connectivity index (χ0) is 27.4. The number of pyridine rings is 1. The summed E-state index contributed by atoms with van der Waals surface area (Å²) in [6.07, 6.45) is 2.76. The van der Waals surface area contributed by atoms with Crippen molar-refractivity contribution in [3.63, 3.8) is 0 Å². The topological polar surface area (TPSA) is 106 Å². The summed E-state index contributed by atoms with van der Waals surface area (Å²) in [4.78, 5) is 37.5. The lowest BCUT2D eigenvalue weighted by Gasteiger charge is -2.40. The average Bonchev–Trinajstić information content (AvgIpc) is 2.91. The Balaban J connectivity index is 1.26. The van der Waals surface area contributed by atoms with Gasteiger partial charge in [0.05, 0.1) is 25.9 Å². The second-order valence-corrected chi connectivity index (χ2v) is 10.3. The number of piperidine rings is 1. The lowest BCUT2D eigenvalue weighted by molar-refractivity contribution is -0.924. The Morgan fingerprint density at radius 1 is 1.13 bits per heavy atom. The van der Waals surface area contributed by atoms with Crippen molar-refractivity contribution in [1.82, 2.24) is 9.99 Å². The van der Waals surface area contributed by atoms with E-state index in [-0.39, 0.29) is 17.4 Å². The Kier molecular flexibility index (Phi) is 7.88. The van der Waals surface area contributed by atoms with E-state index in [0.29, 0.717) is 29.7 Å². The molecule has 3 aromatic rings. The molecule has 2 aliphatic rings. The monoisotopic (exact) mass is 528 g/mol. The molecule has 39 heavy (non-hydrogen) atoms. The van der Waals surface area contributed by atoms with Gasteiger partial charge in [-0.2, -0.15) is 5.10 Å². The minimum absolute atomic E-state index is 0.102. The van der Waals surface area contributed by atoms with Gasteiger partial charge >= 0.3 is 0 Å². The zero-order valence-corrected chi connectivity index (χ0v) is 22.3. The van der Waals surface area contributed by atoms with Crippen molar-refractivity contribution in [3.8, 4) is 5.75 Å². The predicted octanol–water partition coefficient (Wildman–Crippen LogP) is 2.17. The van der Waals surface area contributed by atoms with Gasteiger partial charge in [0.1, 0.15) is 12.3 Å². The number of quaternary nitrogens is 1. The first-order valence-corrected chi connectivity index (χ1v) is 13.4. The number of benzene rings is 2. The van der Waals surface area contributed by atoms with Crippen molar-refractivity contribution >= 4 is 23.7 Å². The number of nitrogens with one attached hydrogen (secondary N) is 3. The molecule has 3 unspecified atom stereocenters. The molecule has 202 valence electrons. The Labute approximate surface area is 227 Å². The molecule has 9 heteroatoms. The van der Waals surface area contributed by atoms with Crippen LogP contribution in [0.3, 0.4) is 0 Å². The Morgan fingerprint density at radius 2 is 1.95 bits per heavy atom. The summed E-state index contributed by atoms with van der Waals surface area (Å²) >= 11 is 0. The van der Waals surface area contributed by atoms with Gasteiger partial charge in [-0.3, -0.25) is 14.4 Å². The summed E-state index contributed by atoms with van der Waals surface area (Å²) in [5.74, 6) is 1.21. The van der Waals surface area contributed by atoms with Crippen LogP contribution in [0.15, 0.2) is 70.6 Å². The number of likely N-dealkylation sites (tertiary alicyclic amines) is 1. The molecule has 5 rings (SSSR count). The van der Waals surface area contributed by atoms with Gasteiger partial charge in [-0.25, -0.2) is 5.43 Å². The highest BCUT2D eigenvalue weighted by atomic mass is 16.5. The van der Waals surface area contributed by atoms with Gasteiger partial charge in [0, 0.05) is 53.9 Å². The van der Waals surface area contributed by atoms with E-state index < -0.39 is 0 Å². The molecular formula is C30H34N5O4+. The molecule has 9 nitrogen and oxygen atoms in total. The van der Waals surface area contributed by atoms with Gasteiger partial charge in [0.2, 0.25) is 5.91 Å². The number of hydrazone groups is 1. The summed E-state index contributed by atoms with van der Waals surface area (Å²) in [5, 5.41) is 6.83. The lowest BCUT2D eigenvalue weighted by atomic mass is 9.83. The molecule has 2 aromatic carbocycles. The summed E-state index contributed by atoms with van der Waals surface area (Å²) in [6, 6.07) is 18.2. The molecule has 2 aliphatic heterocycles. The van der Waals surface area contributed by atoms with Crippen molar-refractivity contribution in [3.05, 3.63) is 93.4 Å². The first-order valence-electron chi connectivity index (χ1n) is 13.4. The molecule has 3 heterocycles. The maximum Gasteiger partial charge on any atom is 0.271 e. The van der Waals surface area contributed by atoms with E-state index in [4.69, 9.17) is 4.74 Å². The number of fused-ring (bicyclic) bond motifs is 4. The second-order valence-electron chi connectivity index (χ2n) is 10.3. The number of nitrogens with zero attached hydrogens (tertiary/aromatic N) is 2. The molecule has 0 spiro atoms. The van der Waals surface area contributed by atoms with E-state index in [9.17, 15) is 14.4 Å². The van der Waals surface area contributed by atoms with Crippen LogP contribution in [0.25, 0.3) is 0 Å². The quantitative estimate of drug-likeness (QED) is 0.308. The predicted molar refractivity (Wildman–Crippen MR) is 149 cm³/mol. The molecule has 2 bridgehead atoms. The summed E-state index contributed by atoms with van der Waals surface area (Å²) in [6.45, 7) is 7.57. The molecule has 1 aromatic heterocycles. The summed E-state index contributed by atoms with van der Waals surface area (Å²) in [5.41, 5.74) is 6.86. The van der Waals surface area contributed by atoms with E-state index in [1.54, 1.807) is 36.5 Å². The third kappa shape index (κ3) is 6.26. The van der Waals surface area contributed by atoms with Crippen molar-refractivity contribution in [2.24, 2.45) is 11.0 Å². The average molecular weight is 529 g/mol. The highest BCUT2D eigenvalue weighted by Gasteiger charge is 2.37. The van der Waals surface area contributed by atoms with Crippen molar-refractivity contribution < 1.29 is 19.2 Å². The van der Waals surface area contributed by atoms with Gasteiger partial charge in [0.15, 0.2) is 0 Å². The standard InChI is InChI=1S/C30H33N5O4/c1-3-39-28-12-7-21(15-31-33-30(38)23-8-10-26(11-9-23)32-20(2)36)13-25(28)19-34-16-22-14-24(18-34)27-5-4-6-29(37)35(27)17-22/h4-13,15,22,24H,3,14,16-19H2,1-2H3,(H,32,36)(H,33,38)/p+1. The second kappa shape index (κ2) is 11.7. The maximum atomic E-state index is 12.5. The van der Waals surface area contributed by atoms with E-state index >= 15 is 0 Å².